The smallest absolute Gasteiger partial charge is 0.251 e. The van der Waals surface area contributed by atoms with Crippen molar-refractivity contribution >= 4 is 18.3 Å². The highest BCUT2D eigenvalue weighted by molar-refractivity contribution is 5.95. The van der Waals surface area contributed by atoms with Gasteiger partial charge in [0, 0.05) is 11.6 Å². The second-order valence-electron chi connectivity index (χ2n) is 5.90. The lowest BCUT2D eigenvalue weighted by Gasteiger charge is -2.29. The lowest BCUT2D eigenvalue weighted by molar-refractivity contribution is 0.0921. The summed E-state index contributed by atoms with van der Waals surface area (Å²) in [7, 11) is 0. The molecule has 1 aliphatic rings. The number of hydrogen-bond acceptors (Lipinski definition) is 4. The fraction of sp³-hybridized carbons (Fsp3) is 0.611. The van der Waals surface area contributed by atoms with Crippen molar-refractivity contribution in [2.45, 2.75) is 39.7 Å². The second-order valence-corrected chi connectivity index (χ2v) is 5.90. The van der Waals surface area contributed by atoms with Gasteiger partial charge >= 0.3 is 0 Å². The van der Waals surface area contributed by atoms with Crippen LogP contribution in [0.4, 0.5) is 0 Å². The van der Waals surface area contributed by atoms with Gasteiger partial charge in [0.15, 0.2) is 11.5 Å². The third kappa shape index (κ3) is 5.56. The molecular formula is C18H29ClN2O3. The first-order valence-electron chi connectivity index (χ1n) is 8.56. The summed E-state index contributed by atoms with van der Waals surface area (Å²) in [5, 5.41) is 6.50. The van der Waals surface area contributed by atoms with Crippen LogP contribution in [0.2, 0.25) is 0 Å². The molecule has 1 fully saturated rings. The van der Waals surface area contributed by atoms with Crippen molar-refractivity contribution < 1.29 is 14.3 Å². The van der Waals surface area contributed by atoms with Crippen molar-refractivity contribution in [1.82, 2.24) is 10.6 Å². The molecule has 0 aromatic heterocycles. The van der Waals surface area contributed by atoms with Crippen LogP contribution in [0.15, 0.2) is 18.2 Å². The zero-order valence-electron chi connectivity index (χ0n) is 14.8. The summed E-state index contributed by atoms with van der Waals surface area (Å²) in [5.41, 5.74) is 0.604. The average molecular weight is 357 g/mol. The number of rotatable bonds is 7. The molecule has 6 heteroatoms. The maximum Gasteiger partial charge on any atom is 0.251 e. The number of piperidine rings is 1. The molecule has 24 heavy (non-hydrogen) atoms. The molecule has 1 heterocycles. The van der Waals surface area contributed by atoms with Gasteiger partial charge in [-0.15, -0.1) is 12.4 Å². The van der Waals surface area contributed by atoms with Crippen molar-refractivity contribution in [3.8, 4) is 11.5 Å². The predicted octanol–water partition coefficient (Wildman–Crippen LogP) is 3.02. The van der Waals surface area contributed by atoms with Crippen molar-refractivity contribution in [3.63, 3.8) is 0 Å². The van der Waals surface area contributed by atoms with Gasteiger partial charge in [0.05, 0.1) is 13.2 Å². The normalized spacial score (nSPS) is 18.2. The minimum Gasteiger partial charge on any atom is -0.490 e. The molecule has 2 N–H and O–H groups in total. The summed E-state index contributed by atoms with van der Waals surface area (Å²) in [4.78, 5) is 12.5. The Balaban J connectivity index is 0.00000288. The quantitative estimate of drug-likeness (QED) is 0.788. The summed E-state index contributed by atoms with van der Waals surface area (Å²) in [6, 6.07) is 5.50. The second kappa shape index (κ2) is 10.4. The van der Waals surface area contributed by atoms with Gasteiger partial charge in [0.1, 0.15) is 0 Å². The summed E-state index contributed by atoms with van der Waals surface area (Å²) >= 11 is 0. The van der Waals surface area contributed by atoms with E-state index in [4.69, 9.17) is 9.47 Å². The van der Waals surface area contributed by atoms with E-state index in [-0.39, 0.29) is 24.4 Å². The SMILES string of the molecule is CCOc1ccc(C(=O)NC(C)C2CCCNC2)cc1OCC.Cl. The Kier molecular flexibility index (Phi) is 8.93. The molecule has 0 aliphatic carbocycles. The molecule has 1 aromatic carbocycles. The molecule has 0 bridgehead atoms. The number of carbonyl (C=O) groups excluding carboxylic acids is 1. The van der Waals surface area contributed by atoms with Gasteiger partial charge < -0.3 is 20.1 Å². The van der Waals surface area contributed by atoms with Crippen LogP contribution < -0.4 is 20.1 Å². The Morgan fingerprint density at radius 2 is 2.00 bits per heavy atom. The Hall–Kier alpha value is -1.46. The maximum atomic E-state index is 12.5. The van der Waals surface area contributed by atoms with E-state index < -0.39 is 0 Å². The minimum absolute atomic E-state index is 0. The van der Waals surface area contributed by atoms with Gasteiger partial charge in [0.25, 0.3) is 5.91 Å². The molecule has 136 valence electrons. The van der Waals surface area contributed by atoms with Gasteiger partial charge in [-0.2, -0.15) is 0 Å². The molecule has 2 atom stereocenters. The van der Waals surface area contributed by atoms with Crippen LogP contribution in [0.3, 0.4) is 0 Å². The Bertz CT molecular complexity index is 519. The molecule has 2 unspecified atom stereocenters. The Labute approximate surface area is 150 Å². The highest BCUT2D eigenvalue weighted by Gasteiger charge is 2.22. The maximum absolute atomic E-state index is 12.5. The van der Waals surface area contributed by atoms with Crippen LogP contribution in [-0.4, -0.2) is 38.3 Å². The van der Waals surface area contributed by atoms with Crippen LogP contribution in [0.5, 0.6) is 11.5 Å². The van der Waals surface area contributed by atoms with E-state index in [2.05, 4.69) is 17.6 Å². The zero-order chi connectivity index (χ0) is 16.7. The van der Waals surface area contributed by atoms with Crippen LogP contribution in [0.1, 0.15) is 44.0 Å². The van der Waals surface area contributed by atoms with E-state index in [0.29, 0.717) is 36.2 Å². The summed E-state index contributed by atoms with van der Waals surface area (Å²) in [6.07, 6.45) is 2.32. The van der Waals surface area contributed by atoms with Gasteiger partial charge in [-0.1, -0.05) is 0 Å². The Morgan fingerprint density at radius 1 is 1.29 bits per heavy atom. The monoisotopic (exact) mass is 356 g/mol. The van der Waals surface area contributed by atoms with E-state index in [0.717, 1.165) is 19.5 Å². The number of hydrogen-bond donors (Lipinski definition) is 2. The zero-order valence-corrected chi connectivity index (χ0v) is 15.6. The van der Waals surface area contributed by atoms with Crippen molar-refractivity contribution in [1.29, 1.82) is 0 Å². The van der Waals surface area contributed by atoms with Crippen LogP contribution in [0.25, 0.3) is 0 Å². The van der Waals surface area contributed by atoms with Crippen LogP contribution >= 0.6 is 12.4 Å². The van der Waals surface area contributed by atoms with E-state index >= 15 is 0 Å². The molecule has 2 rings (SSSR count). The number of ether oxygens (including phenoxy) is 2. The average Bonchev–Trinajstić information content (AvgIpc) is 2.57. The molecule has 5 nitrogen and oxygen atoms in total. The van der Waals surface area contributed by atoms with Gasteiger partial charge in [0.2, 0.25) is 0 Å². The van der Waals surface area contributed by atoms with Gasteiger partial charge in [-0.05, 0) is 70.8 Å². The largest absolute Gasteiger partial charge is 0.490 e. The molecule has 0 saturated carbocycles. The van der Waals surface area contributed by atoms with Gasteiger partial charge in [-0.25, -0.2) is 0 Å². The fourth-order valence-corrected chi connectivity index (χ4v) is 2.91. The molecule has 1 saturated heterocycles. The number of amides is 1. The first-order chi connectivity index (χ1) is 11.2. The van der Waals surface area contributed by atoms with E-state index in [1.165, 1.54) is 6.42 Å². The lowest BCUT2D eigenvalue weighted by atomic mass is 9.92. The van der Waals surface area contributed by atoms with Crippen molar-refractivity contribution in [3.05, 3.63) is 23.8 Å². The highest BCUT2D eigenvalue weighted by Crippen LogP contribution is 2.28. The van der Waals surface area contributed by atoms with Gasteiger partial charge in [-0.3, -0.25) is 4.79 Å². The third-order valence-electron chi connectivity index (χ3n) is 4.21. The Morgan fingerprint density at radius 3 is 2.62 bits per heavy atom. The predicted molar refractivity (Wildman–Crippen MR) is 98.5 cm³/mol. The van der Waals surface area contributed by atoms with E-state index in [9.17, 15) is 4.79 Å². The number of carbonyl (C=O) groups is 1. The topological polar surface area (TPSA) is 59.6 Å². The third-order valence-corrected chi connectivity index (χ3v) is 4.21. The molecule has 0 radical (unpaired) electrons. The lowest BCUT2D eigenvalue weighted by Crippen LogP contribution is -2.44. The highest BCUT2D eigenvalue weighted by atomic mass is 35.5. The molecule has 0 spiro atoms. The number of halogens is 1. The standard InChI is InChI=1S/C18H28N2O3.ClH/c1-4-22-16-9-8-14(11-17(16)23-5-2)18(21)20-13(3)15-7-6-10-19-12-15;/h8-9,11,13,15,19H,4-7,10,12H2,1-3H3,(H,20,21);1H. The van der Waals surface area contributed by atoms with Crippen molar-refractivity contribution in [2.75, 3.05) is 26.3 Å². The van der Waals surface area contributed by atoms with E-state index in [1.807, 2.05) is 13.8 Å². The van der Waals surface area contributed by atoms with Crippen LogP contribution in [-0.2, 0) is 0 Å². The fourth-order valence-electron chi connectivity index (χ4n) is 2.91. The molecule has 1 aliphatic heterocycles. The van der Waals surface area contributed by atoms with E-state index in [1.54, 1.807) is 18.2 Å². The first-order valence-corrected chi connectivity index (χ1v) is 8.56. The number of nitrogens with one attached hydrogen (secondary N) is 2. The summed E-state index contributed by atoms with van der Waals surface area (Å²) < 4.78 is 11.1. The summed E-state index contributed by atoms with van der Waals surface area (Å²) in [5.74, 6) is 1.72. The first kappa shape index (κ1) is 20.6. The van der Waals surface area contributed by atoms with Crippen molar-refractivity contribution in [2.24, 2.45) is 5.92 Å². The molecular weight excluding hydrogens is 328 g/mol. The molecule has 1 aromatic rings. The minimum atomic E-state index is -0.0629. The molecule has 1 amide bonds. The van der Waals surface area contributed by atoms with Crippen LogP contribution in [0, 0.1) is 5.92 Å². The summed E-state index contributed by atoms with van der Waals surface area (Å²) in [6.45, 7) is 9.07. The number of benzene rings is 1.